The van der Waals surface area contributed by atoms with Gasteiger partial charge in [0, 0.05) is 20.1 Å². The van der Waals surface area contributed by atoms with Crippen LogP contribution in [0.15, 0.2) is 4.99 Å². The quantitative estimate of drug-likeness (QED) is 0.592. The van der Waals surface area contributed by atoms with E-state index in [4.69, 9.17) is 5.73 Å². The molecule has 0 spiro atoms. The van der Waals surface area contributed by atoms with Crippen LogP contribution in [0, 0.1) is 5.92 Å². The van der Waals surface area contributed by atoms with Crippen LogP contribution in [0.2, 0.25) is 0 Å². The molecule has 0 bridgehead atoms. The number of guanidine groups is 1. The van der Waals surface area contributed by atoms with Crippen LogP contribution in [0.1, 0.15) is 51.9 Å². The Labute approximate surface area is 100 Å². The average molecular weight is 225 g/mol. The van der Waals surface area contributed by atoms with Crippen LogP contribution in [-0.4, -0.2) is 31.0 Å². The van der Waals surface area contributed by atoms with Crippen molar-refractivity contribution in [3.05, 3.63) is 0 Å². The molecule has 3 nitrogen and oxygen atoms in total. The summed E-state index contributed by atoms with van der Waals surface area (Å²) in [5.41, 5.74) is 5.86. The molecule has 0 aliphatic carbocycles. The predicted octanol–water partition coefficient (Wildman–Crippen LogP) is 2.61. The van der Waals surface area contributed by atoms with Crippen LogP contribution in [0.3, 0.4) is 0 Å². The van der Waals surface area contributed by atoms with Gasteiger partial charge in [0.05, 0.1) is 0 Å². The van der Waals surface area contributed by atoms with Crippen LogP contribution in [0.25, 0.3) is 0 Å². The molecule has 1 rings (SSSR count). The molecule has 0 aromatic heterocycles. The maximum Gasteiger partial charge on any atom is 0.190 e. The van der Waals surface area contributed by atoms with Gasteiger partial charge in [0.25, 0.3) is 0 Å². The zero-order valence-electron chi connectivity index (χ0n) is 10.9. The standard InChI is InChI=1S/C13H27N3/c1-3-4-7-12-8-5-10-16(11-6-9-12)13(14)15-2/h12H,3-11H2,1-2H3,(H2,14,15). The molecular weight excluding hydrogens is 198 g/mol. The monoisotopic (exact) mass is 225 g/mol. The average Bonchev–Trinajstić information content (AvgIpc) is 2.27. The molecule has 0 aromatic carbocycles. The number of hydrogen-bond acceptors (Lipinski definition) is 1. The van der Waals surface area contributed by atoms with E-state index in [1.807, 2.05) is 0 Å². The summed E-state index contributed by atoms with van der Waals surface area (Å²) in [5.74, 6) is 1.67. The highest BCUT2D eigenvalue weighted by Gasteiger charge is 2.15. The second kappa shape index (κ2) is 7.53. The van der Waals surface area contributed by atoms with Gasteiger partial charge in [-0.25, -0.2) is 0 Å². The van der Waals surface area contributed by atoms with E-state index in [-0.39, 0.29) is 0 Å². The van der Waals surface area contributed by atoms with Crippen molar-refractivity contribution in [3.8, 4) is 0 Å². The van der Waals surface area contributed by atoms with Gasteiger partial charge in [0.15, 0.2) is 5.96 Å². The van der Waals surface area contributed by atoms with Gasteiger partial charge in [0.1, 0.15) is 0 Å². The fraction of sp³-hybridized carbons (Fsp3) is 0.923. The van der Waals surface area contributed by atoms with Gasteiger partial charge in [-0.1, -0.05) is 26.2 Å². The maximum absolute atomic E-state index is 5.86. The van der Waals surface area contributed by atoms with Gasteiger partial charge in [0.2, 0.25) is 0 Å². The number of nitrogens with zero attached hydrogens (tertiary/aromatic N) is 2. The van der Waals surface area contributed by atoms with Crippen LogP contribution in [-0.2, 0) is 0 Å². The molecule has 0 amide bonds. The Morgan fingerprint density at radius 3 is 2.44 bits per heavy atom. The molecule has 0 aromatic rings. The van der Waals surface area contributed by atoms with Gasteiger partial charge in [-0.05, 0) is 31.6 Å². The van der Waals surface area contributed by atoms with E-state index in [0.29, 0.717) is 5.96 Å². The van der Waals surface area contributed by atoms with Crippen molar-refractivity contribution in [1.82, 2.24) is 4.90 Å². The van der Waals surface area contributed by atoms with Crippen LogP contribution in [0.4, 0.5) is 0 Å². The molecule has 94 valence electrons. The fourth-order valence-electron chi connectivity index (χ4n) is 2.55. The van der Waals surface area contributed by atoms with E-state index >= 15 is 0 Å². The summed E-state index contributed by atoms with van der Waals surface area (Å²) in [6, 6.07) is 0. The Kier molecular flexibility index (Phi) is 6.27. The van der Waals surface area contributed by atoms with Gasteiger partial charge in [-0.2, -0.15) is 0 Å². The minimum Gasteiger partial charge on any atom is -0.370 e. The van der Waals surface area contributed by atoms with Crippen molar-refractivity contribution in [2.75, 3.05) is 20.1 Å². The number of hydrogen-bond donors (Lipinski definition) is 1. The molecule has 1 aliphatic rings. The van der Waals surface area contributed by atoms with Crippen molar-refractivity contribution >= 4 is 5.96 Å². The number of aliphatic imine (C=N–C) groups is 1. The number of unbranched alkanes of at least 4 members (excludes halogenated alkanes) is 1. The molecule has 1 aliphatic heterocycles. The third-order valence-electron chi connectivity index (χ3n) is 3.60. The van der Waals surface area contributed by atoms with Crippen molar-refractivity contribution in [3.63, 3.8) is 0 Å². The summed E-state index contributed by atoms with van der Waals surface area (Å²) < 4.78 is 0. The Bertz CT molecular complexity index is 203. The molecule has 0 unspecified atom stereocenters. The highest BCUT2D eigenvalue weighted by molar-refractivity contribution is 5.77. The lowest BCUT2D eigenvalue weighted by Crippen LogP contribution is -2.39. The lowest BCUT2D eigenvalue weighted by molar-refractivity contribution is 0.292. The van der Waals surface area contributed by atoms with E-state index in [1.165, 1.54) is 44.9 Å². The molecule has 0 radical (unpaired) electrons. The summed E-state index contributed by atoms with van der Waals surface area (Å²) in [5, 5.41) is 0. The number of rotatable bonds is 3. The minimum absolute atomic E-state index is 0.715. The largest absolute Gasteiger partial charge is 0.370 e. The Morgan fingerprint density at radius 1 is 1.31 bits per heavy atom. The molecule has 1 heterocycles. The summed E-state index contributed by atoms with van der Waals surface area (Å²) >= 11 is 0. The third kappa shape index (κ3) is 4.42. The van der Waals surface area contributed by atoms with E-state index in [2.05, 4.69) is 16.8 Å². The summed E-state index contributed by atoms with van der Waals surface area (Å²) in [4.78, 5) is 6.31. The van der Waals surface area contributed by atoms with Crippen molar-refractivity contribution in [2.24, 2.45) is 16.6 Å². The molecule has 0 saturated carbocycles. The first-order chi connectivity index (χ1) is 7.77. The Balaban J connectivity index is 2.32. The van der Waals surface area contributed by atoms with Gasteiger partial charge in [-0.15, -0.1) is 0 Å². The summed E-state index contributed by atoms with van der Waals surface area (Å²) in [6.45, 7) is 4.46. The molecule has 1 saturated heterocycles. The lowest BCUT2D eigenvalue weighted by atomic mass is 9.91. The van der Waals surface area contributed by atoms with E-state index in [1.54, 1.807) is 7.05 Å². The summed E-state index contributed by atoms with van der Waals surface area (Å²) in [7, 11) is 1.78. The van der Waals surface area contributed by atoms with Gasteiger partial charge < -0.3 is 10.6 Å². The Hall–Kier alpha value is -0.730. The SMILES string of the molecule is CCCCC1CCCN(C(N)=NC)CCC1. The van der Waals surface area contributed by atoms with Crippen molar-refractivity contribution < 1.29 is 0 Å². The first-order valence-corrected chi connectivity index (χ1v) is 6.75. The second-order valence-corrected chi connectivity index (χ2v) is 4.86. The fourth-order valence-corrected chi connectivity index (χ4v) is 2.55. The molecule has 0 atom stereocenters. The second-order valence-electron chi connectivity index (χ2n) is 4.86. The smallest absolute Gasteiger partial charge is 0.190 e. The summed E-state index contributed by atoms with van der Waals surface area (Å²) in [6.07, 6.45) is 9.43. The first kappa shape index (κ1) is 13.3. The van der Waals surface area contributed by atoms with Crippen LogP contribution < -0.4 is 5.73 Å². The zero-order valence-corrected chi connectivity index (χ0v) is 10.9. The third-order valence-corrected chi connectivity index (χ3v) is 3.60. The molecule has 1 fully saturated rings. The Morgan fingerprint density at radius 2 is 1.94 bits per heavy atom. The van der Waals surface area contributed by atoms with E-state index in [0.717, 1.165) is 19.0 Å². The van der Waals surface area contributed by atoms with Crippen molar-refractivity contribution in [2.45, 2.75) is 51.9 Å². The van der Waals surface area contributed by atoms with Gasteiger partial charge >= 0.3 is 0 Å². The molecule has 3 heteroatoms. The first-order valence-electron chi connectivity index (χ1n) is 6.75. The minimum atomic E-state index is 0.715. The normalized spacial score (nSPS) is 20.6. The molecule has 16 heavy (non-hydrogen) atoms. The molecule has 2 N–H and O–H groups in total. The maximum atomic E-state index is 5.86. The highest BCUT2D eigenvalue weighted by atomic mass is 15.2. The van der Waals surface area contributed by atoms with Crippen LogP contribution in [0.5, 0.6) is 0 Å². The lowest BCUT2D eigenvalue weighted by Gasteiger charge is -2.28. The predicted molar refractivity (Wildman–Crippen MR) is 70.6 cm³/mol. The number of nitrogens with two attached hydrogens (primary N) is 1. The topological polar surface area (TPSA) is 41.6 Å². The van der Waals surface area contributed by atoms with Crippen molar-refractivity contribution in [1.29, 1.82) is 0 Å². The highest BCUT2D eigenvalue weighted by Crippen LogP contribution is 2.22. The zero-order chi connectivity index (χ0) is 11.8. The number of likely N-dealkylation sites (tertiary alicyclic amines) is 1. The van der Waals surface area contributed by atoms with Gasteiger partial charge in [-0.3, -0.25) is 4.99 Å². The van der Waals surface area contributed by atoms with E-state index < -0.39 is 0 Å². The van der Waals surface area contributed by atoms with E-state index in [9.17, 15) is 0 Å². The van der Waals surface area contributed by atoms with Crippen LogP contribution >= 0.6 is 0 Å². The molecular formula is C13H27N3.